The number of carbonyl (C=O) groups excluding carboxylic acids is 1. The predicted octanol–water partition coefficient (Wildman–Crippen LogP) is 0.190. The Morgan fingerprint density at radius 1 is 1.80 bits per heavy atom. The Hall–Kier alpha value is -1.32. The fraction of sp³-hybridized carbons (Fsp3) is 0.333. The van der Waals surface area contributed by atoms with Crippen LogP contribution in [0.1, 0.15) is 13.7 Å². The van der Waals surface area contributed by atoms with Crippen LogP contribution >= 0.6 is 0 Å². The number of hydrogen-bond acceptors (Lipinski definition) is 3. The highest BCUT2D eigenvalue weighted by molar-refractivity contribution is 5.90. The predicted molar refractivity (Wildman–Crippen MR) is 33.4 cm³/mol. The Bertz CT molecular complexity index is 292. The summed E-state index contributed by atoms with van der Waals surface area (Å²) < 4.78 is 37.7. The van der Waals surface area contributed by atoms with Crippen LogP contribution in [0.15, 0.2) is 12.2 Å². The second-order valence-corrected chi connectivity index (χ2v) is 1.19. The minimum atomic E-state index is -3.15. The Kier molecular flexibility index (Phi) is 1.45. The minimum Gasteiger partial charge on any atom is -0.478 e. The molecule has 0 fully saturated rings. The summed E-state index contributed by atoms with van der Waals surface area (Å²) in [7, 11) is 0. The van der Waals surface area contributed by atoms with E-state index >= 15 is 0 Å². The van der Waals surface area contributed by atoms with Crippen molar-refractivity contribution in [2.24, 2.45) is 0 Å². The van der Waals surface area contributed by atoms with Crippen LogP contribution in [0.4, 0.5) is 0 Å². The SMILES string of the molecule is [2H]C([2H])([2H])C([2H])([2H])OC(=O)/C=C/C(=O)O. The van der Waals surface area contributed by atoms with Crippen LogP contribution in [0.3, 0.4) is 0 Å². The van der Waals surface area contributed by atoms with Gasteiger partial charge in [-0.2, -0.15) is 0 Å². The van der Waals surface area contributed by atoms with Gasteiger partial charge in [0.05, 0.1) is 9.30 Å². The molecule has 0 aliphatic carbocycles. The molecule has 0 saturated carbocycles. The van der Waals surface area contributed by atoms with Crippen molar-refractivity contribution in [1.29, 1.82) is 0 Å². The second kappa shape index (κ2) is 4.55. The summed E-state index contributed by atoms with van der Waals surface area (Å²) >= 11 is 0. The van der Waals surface area contributed by atoms with Crippen LogP contribution in [0.25, 0.3) is 0 Å². The van der Waals surface area contributed by atoms with Crippen molar-refractivity contribution in [3.63, 3.8) is 0 Å². The van der Waals surface area contributed by atoms with Crippen LogP contribution in [0, 0.1) is 0 Å². The molecule has 0 unspecified atom stereocenters. The lowest BCUT2D eigenvalue weighted by atomic mass is 10.5. The van der Waals surface area contributed by atoms with E-state index in [1.807, 2.05) is 0 Å². The normalized spacial score (nSPS) is 19.8. The highest BCUT2D eigenvalue weighted by Crippen LogP contribution is 1.80. The van der Waals surface area contributed by atoms with Crippen molar-refractivity contribution in [3.8, 4) is 0 Å². The lowest BCUT2D eigenvalue weighted by Gasteiger charge is -1.92. The number of carbonyl (C=O) groups is 2. The van der Waals surface area contributed by atoms with E-state index in [4.69, 9.17) is 12.0 Å². The summed E-state index contributed by atoms with van der Waals surface area (Å²) in [5.74, 6) is -2.81. The van der Waals surface area contributed by atoms with Gasteiger partial charge in [-0.15, -0.1) is 0 Å². The molecule has 0 aliphatic rings. The first-order chi connectivity index (χ1) is 6.56. The Morgan fingerprint density at radius 3 is 3.00 bits per heavy atom. The zero-order chi connectivity index (χ0) is 12.3. The topological polar surface area (TPSA) is 63.6 Å². The summed E-state index contributed by atoms with van der Waals surface area (Å²) in [6.07, 6.45) is 0.837. The molecule has 0 rings (SSSR count). The zero-order valence-electron chi connectivity index (χ0n) is 9.83. The third-order valence-corrected chi connectivity index (χ3v) is 0.514. The van der Waals surface area contributed by atoms with E-state index in [0.717, 1.165) is 0 Å². The summed E-state index contributed by atoms with van der Waals surface area (Å²) in [6, 6.07) is 0. The van der Waals surface area contributed by atoms with E-state index in [0.29, 0.717) is 12.2 Å². The first kappa shape index (κ1) is 3.18. The van der Waals surface area contributed by atoms with Crippen LogP contribution < -0.4 is 0 Å². The van der Waals surface area contributed by atoms with E-state index in [2.05, 4.69) is 4.74 Å². The van der Waals surface area contributed by atoms with Gasteiger partial charge < -0.3 is 9.84 Å². The maximum atomic E-state index is 10.7. The first-order valence-corrected chi connectivity index (χ1v) is 2.20. The number of carboxylic acids is 1. The van der Waals surface area contributed by atoms with Crippen molar-refractivity contribution in [2.75, 3.05) is 6.56 Å². The van der Waals surface area contributed by atoms with Gasteiger partial charge in [0.1, 0.15) is 0 Å². The molecular formula is C6H8O4. The van der Waals surface area contributed by atoms with Gasteiger partial charge in [0, 0.05) is 16.3 Å². The van der Waals surface area contributed by atoms with Crippen molar-refractivity contribution in [2.45, 2.75) is 6.85 Å². The number of carboxylic acid groups (broad SMARTS) is 1. The molecule has 0 radical (unpaired) electrons. The smallest absolute Gasteiger partial charge is 0.330 e. The third-order valence-electron chi connectivity index (χ3n) is 0.514. The molecule has 10 heavy (non-hydrogen) atoms. The molecule has 0 aliphatic heterocycles. The highest BCUT2D eigenvalue weighted by Gasteiger charge is 1.94. The summed E-state index contributed by atoms with van der Waals surface area (Å²) in [6.45, 7) is -6.27. The monoisotopic (exact) mass is 149 g/mol. The van der Waals surface area contributed by atoms with E-state index in [1.54, 1.807) is 0 Å². The van der Waals surface area contributed by atoms with Gasteiger partial charge in [-0.3, -0.25) is 0 Å². The largest absolute Gasteiger partial charge is 0.478 e. The molecular weight excluding hydrogens is 136 g/mol. The van der Waals surface area contributed by atoms with Crippen molar-refractivity contribution in [3.05, 3.63) is 12.2 Å². The van der Waals surface area contributed by atoms with Crippen molar-refractivity contribution in [1.82, 2.24) is 0 Å². The lowest BCUT2D eigenvalue weighted by molar-refractivity contribution is -0.138. The van der Waals surface area contributed by atoms with E-state index in [9.17, 15) is 9.59 Å². The molecule has 56 valence electrons. The first-order valence-electron chi connectivity index (χ1n) is 4.70. The zero-order valence-corrected chi connectivity index (χ0v) is 4.83. The van der Waals surface area contributed by atoms with Crippen LogP contribution in [-0.4, -0.2) is 23.6 Å². The van der Waals surface area contributed by atoms with Gasteiger partial charge in [0.25, 0.3) is 0 Å². The van der Waals surface area contributed by atoms with Gasteiger partial charge in [0.15, 0.2) is 0 Å². The van der Waals surface area contributed by atoms with Gasteiger partial charge in [0.2, 0.25) is 0 Å². The van der Waals surface area contributed by atoms with Gasteiger partial charge >= 0.3 is 11.9 Å². The molecule has 0 saturated heterocycles. The van der Waals surface area contributed by atoms with Gasteiger partial charge in [-0.05, 0) is 6.85 Å². The third kappa shape index (κ3) is 4.83. The quantitative estimate of drug-likeness (QED) is 0.459. The Morgan fingerprint density at radius 2 is 2.50 bits per heavy atom. The molecule has 0 spiro atoms. The summed E-state index contributed by atoms with van der Waals surface area (Å²) in [5, 5.41) is 8.12. The van der Waals surface area contributed by atoms with E-state index in [-0.39, 0.29) is 0 Å². The maximum Gasteiger partial charge on any atom is 0.330 e. The number of rotatable bonds is 3. The second-order valence-electron chi connectivity index (χ2n) is 1.19. The standard InChI is InChI=1S/C6H8O4/c1-2-10-6(9)4-3-5(7)8/h3-4H,2H2,1H3,(H,7,8)/b4-3+/i1D3,2D2. The van der Waals surface area contributed by atoms with Crippen LogP contribution in [0.5, 0.6) is 0 Å². The fourth-order valence-corrected chi connectivity index (χ4v) is 0.224. The summed E-state index contributed by atoms with van der Waals surface area (Å²) in [4.78, 5) is 20.7. The molecule has 0 heterocycles. The number of hydrogen-bond donors (Lipinski definition) is 1. The molecule has 0 aromatic carbocycles. The molecule has 0 amide bonds. The molecule has 4 heteroatoms. The molecule has 1 N–H and O–H groups in total. The average Bonchev–Trinajstić information content (AvgIpc) is 1.97. The number of aliphatic carboxylic acids is 1. The Labute approximate surface area is 65.1 Å². The maximum absolute atomic E-state index is 10.7. The summed E-state index contributed by atoms with van der Waals surface area (Å²) in [5.41, 5.74) is 0. The molecule has 0 atom stereocenters. The van der Waals surface area contributed by atoms with Crippen molar-refractivity contribution >= 4 is 11.9 Å². The molecule has 0 aromatic heterocycles. The average molecular weight is 149 g/mol. The van der Waals surface area contributed by atoms with E-state index in [1.165, 1.54) is 0 Å². The number of ether oxygens (including phenoxy) is 1. The molecule has 0 aromatic rings. The molecule has 4 nitrogen and oxygen atoms in total. The minimum absolute atomic E-state index is 0.415. The van der Waals surface area contributed by atoms with Crippen molar-refractivity contribution < 1.29 is 26.3 Å². The lowest BCUT2D eigenvalue weighted by Crippen LogP contribution is -2.00. The van der Waals surface area contributed by atoms with Gasteiger partial charge in [-0.25, -0.2) is 9.59 Å². The van der Waals surface area contributed by atoms with E-state index < -0.39 is 25.3 Å². The molecule has 0 bridgehead atoms. The van der Waals surface area contributed by atoms with Crippen LogP contribution in [0.2, 0.25) is 0 Å². The number of esters is 1. The fourth-order valence-electron chi connectivity index (χ4n) is 0.224. The Balaban J connectivity index is 4.49. The van der Waals surface area contributed by atoms with Gasteiger partial charge in [-0.1, -0.05) is 0 Å². The van der Waals surface area contributed by atoms with Crippen LogP contribution in [-0.2, 0) is 14.3 Å². The highest BCUT2D eigenvalue weighted by atomic mass is 16.5.